The summed E-state index contributed by atoms with van der Waals surface area (Å²) in [7, 11) is 0. The van der Waals surface area contributed by atoms with E-state index in [1.54, 1.807) is 4.90 Å². The van der Waals surface area contributed by atoms with Crippen LogP contribution in [0.15, 0.2) is 76.6 Å². The van der Waals surface area contributed by atoms with Crippen LogP contribution in [0.4, 0.5) is 5.69 Å². The van der Waals surface area contributed by atoms with Gasteiger partial charge in [0.2, 0.25) is 0 Å². The number of rotatable bonds is 8. The Morgan fingerprint density at radius 2 is 1.69 bits per heavy atom. The van der Waals surface area contributed by atoms with Crippen LogP contribution in [0.25, 0.3) is 16.8 Å². The molecule has 0 atom stereocenters. The van der Waals surface area contributed by atoms with Crippen LogP contribution < -0.4 is 4.74 Å². The van der Waals surface area contributed by atoms with Gasteiger partial charge in [-0.25, -0.2) is 4.99 Å². The van der Waals surface area contributed by atoms with Crippen LogP contribution >= 0.6 is 11.8 Å². The summed E-state index contributed by atoms with van der Waals surface area (Å²) < 4.78 is 11.3. The molecule has 164 valence electrons. The SMILES string of the molecule is CCOCCN1C(=O)/C(=C/c2ccc(OCC)c3ccccc23)SC1=Nc1ccccc1. The summed E-state index contributed by atoms with van der Waals surface area (Å²) >= 11 is 1.40. The second-order valence-corrected chi connectivity index (χ2v) is 8.13. The highest BCUT2D eigenvalue weighted by atomic mass is 32.2. The quantitative estimate of drug-likeness (QED) is 0.320. The molecule has 1 aliphatic rings. The van der Waals surface area contributed by atoms with Gasteiger partial charge in [-0.15, -0.1) is 0 Å². The van der Waals surface area contributed by atoms with Crippen LogP contribution in [-0.4, -0.2) is 42.3 Å². The number of nitrogens with zero attached hydrogens (tertiary/aromatic N) is 2. The van der Waals surface area contributed by atoms with E-state index in [2.05, 4.69) is 6.07 Å². The molecule has 0 unspecified atom stereocenters. The van der Waals surface area contributed by atoms with E-state index in [4.69, 9.17) is 14.5 Å². The van der Waals surface area contributed by atoms with Gasteiger partial charge in [0, 0.05) is 12.0 Å². The van der Waals surface area contributed by atoms with E-state index < -0.39 is 0 Å². The van der Waals surface area contributed by atoms with E-state index in [0.29, 0.717) is 36.4 Å². The lowest BCUT2D eigenvalue weighted by Crippen LogP contribution is -2.32. The smallest absolute Gasteiger partial charge is 0.266 e. The summed E-state index contributed by atoms with van der Waals surface area (Å²) in [6.45, 7) is 6.07. The normalized spacial score (nSPS) is 16.4. The number of hydrogen-bond donors (Lipinski definition) is 0. The summed E-state index contributed by atoms with van der Waals surface area (Å²) in [5, 5.41) is 2.75. The standard InChI is InChI=1S/C26H26N2O3S/c1-3-30-17-16-28-25(29)24(32-26(28)27-20-10-6-5-7-11-20)18-19-14-15-23(31-4-2)22-13-9-8-12-21(19)22/h5-15,18H,3-4,16-17H2,1-2H3/b24-18-,27-26?. The number of amidine groups is 1. The molecular weight excluding hydrogens is 420 g/mol. The van der Waals surface area contributed by atoms with Crippen molar-refractivity contribution in [2.24, 2.45) is 4.99 Å². The van der Waals surface area contributed by atoms with Crippen LogP contribution in [0.2, 0.25) is 0 Å². The molecule has 0 saturated carbocycles. The Bertz CT molecular complexity index is 1160. The topological polar surface area (TPSA) is 51.1 Å². The largest absolute Gasteiger partial charge is 0.493 e. The Morgan fingerprint density at radius 3 is 2.44 bits per heavy atom. The predicted octanol–water partition coefficient (Wildman–Crippen LogP) is 5.88. The van der Waals surface area contributed by atoms with Crippen molar-refractivity contribution in [2.45, 2.75) is 13.8 Å². The maximum atomic E-state index is 13.3. The first-order valence-electron chi connectivity index (χ1n) is 10.8. The van der Waals surface area contributed by atoms with Gasteiger partial charge in [0.05, 0.1) is 30.4 Å². The maximum absolute atomic E-state index is 13.3. The van der Waals surface area contributed by atoms with Crippen molar-refractivity contribution >= 4 is 45.4 Å². The molecule has 3 aromatic rings. The van der Waals surface area contributed by atoms with Crippen LogP contribution in [0.1, 0.15) is 19.4 Å². The second-order valence-electron chi connectivity index (χ2n) is 7.13. The van der Waals surface area contributed by atoms with E-state index in [1.807, 2.05) is 80.6 Å². The van der Waals surface area contributed by atoms with Crippen molar-refractivity contribution in [2.75, 3.05) is 26.4 Å². The van der Waals surface area contributed by atoms with Crippen molar-refractivity contribution in [3.63, 3.8) is 0 Å². The maximum Gasteiger partial charge on any atom is 0.266 e. The van der Waals surface area contributed by atoms with E-state index in [1.165, 1.54) is 11.8 Å². The lowest BCUT2D eigenvalue weighted by atomic mass is 10.0. The molecule has 0 N–H and O–H groups in total. The Balaban J connectivity index is 1.71. The van der Waals surface area contributed by atoms with Gasteiger partial charge in [-0.1, -0.05) is 48.5 Å². The predicted molar refractivity (Wildman–Crippen MR) is 132 cm³/mol. The first-order chi connectivity index (χ1) is 15.7. The molecule has 0 aromatic heterocycles. The third-order valence-corrected chi connectivity index (χ3v) is 6.04. The van der Waals surface area contributed by atoms with E-state index in [-0.39, 0.29) is 5.91 Å². The van der Waals surface area contributed by atoms with Crippen molar-refractivity contribution in [1.29, 1.82) is 0 Å². The van der Waals surface area contributed by atoms with E-state index in [9.17, 15) is 4.79 Å². The minimum atomic E-state index is -0.0534. The van der Waals surface area contributed by atoms with Gasteiger partial charge >= 0.3 is 0 Å². The Kier molecular flexibility index (Phi) is 7.24. The second kappa shape index (κ2) is 10.5. The summed E-state index contributed by atoms with van der Waals surface area (Å²) in [4.78, 5) is 20.4. The van der Waals surface area contributed by atoms with Crippen molar-refractivity contribution in [1.82, 2.24) is 4.90 Å². The number of thioether (sulfide) groups is 1. The molecule has 0 spiro atoms. The summed E-state index contributed by atoms with van der Waals surface area (Å²) in [5.41, 5.74) is 1.79. The number of para-hydroxylation sites is 1. The van der Waals surface area contributed by atoms with Crippen molar-refractivity contribution < 1.29 is 14.3 Å². The average Bonchev–Trinajstić information content (AvgIpc) is 3.10. The van der Waals surface area contributed by atoms with Gasteiger partial charge in [-0.3, -0.25) is 9.69 Å². The fourth-order valence-corrected chi connectivity index (χ4v) is 4.56. The average molecular weight is 447 g/mol. The van der Waals surface area contributed by atoms with Gasteiger partial charge in [-0.2, -0.15) is 0 Å². The Labute approximate surface area is 192 Å². The Morgan fingerprint density at radius 1 is 0.938 bits per heavy atom. The number of ether oxygens (including phenoxy) is 2. The summed E-state index contributed by atoms with van der Waals surface area (Å²) in [5.74, 6) is 0.794. The van der Waals surface area contributed by atoms with E-state index >= 15 is 0 Å². The molecule has 1 fully saturated rings. The van der Waals surface area contributed by atoms with Crippen molar-refractivity contribution in [3.05, 3.63) is 77.2 Å². The van der Waals surface area contributed by atoms with Crippen LogP contribution in [-0.2, 0) is 9.53 Å². The number of carbonyl (C=O) groups excluding carboxylic acids is 1. The zero-order valence-corrected chi connectivity index (χ0v) is 19.1. The molecule has 1 aliphatic heterocycles. The van der Waals surface area contributed by atoms with Crippen LogP contribution in [0.3, 0.4) is 0 Å². The Hall–Kier alpha value is -3.09. The van der Waals surface area contributed by atoms with Gasteiger partial charge in [-0.05, 0) is 60.8 Å². The monoisotopic (exact) mass is 446 g/mol. The lowest BCUT2D eigenvalue weighted by Gasteiger charge is -2.15. The zero-order chi connectivity index (χ0) is 22.3. The number of benzene rings is 3. The molecule has 1 heterocycles. The van der Waals surface area contributed by atoms with Gasteiger partial charge in [0.25, 0.3) is 5.91 Å². The first kappa shape index (κ1) is 22.1. The van der Waals surface area contributed by atoms with Gasteiger partial charge in [0.1, 0.15) is 5.75 Å². The molecular formula is C26H26N2O3S. The highest BCUT2D eigenvalue weighted by molar-refractivity contribution is 8.18. The minimum Gasteiger partial charge on any atom is -0.493 e. The minimum absolute atomic E-state index is 0.0534. The molecule has 4 rings (SSSR count). The lowest BCUT2D eigenvalue weighted by molar-refractivity contribution is -0.122. The first-order valence-corrected chi connectivity index (χ1v) is 11.6. The molecule has 5 nitrogen and oxygen atoms in total. The molecule has 0 bridgehead atoms. The zero-order valence-electron chi connectivity index (χ0n) is 18.3. The highest BCUT2D eigenvalue weighted by Gasteiger charge is 2.33. The third kappa shape index (κ3) is 4.87. The number of aliphatic imine (C=N–C) groups is 1. The van der Waals surface area contributed by atoms with Gasteiger partial charge < -0.3 is 9.47 Å². The number of carbonyl (C=O) groups is 1. The highest BCUT2D eigenvalue weighted by Crippen LogP contribution is 2.36. The van der Waals surface area contributed by atoms with Gasteiger partial charge in [0.15, 0.2) is 5.17 Å². The molecule has 1 amide bonds. The fourth-order valence-electron chi connectivity index (χ4n) is 3.54. The fraction of sp³-hybridized carbons (Fsp3) is 0.231. The molecule has 6 heteroatoms. The number of fused-ring (bicyclic) bond motifs is 1. The molecule has 3 aromatic carbocycles. The summed E-state index contributed by atoms with van der Waals surface area (Å²) in [6, 6.07) is 21.8. The molecule has 0 aliphatic carbocycles. The van der Waals surface area contributed by atoms with Crippen LogP contribution in [0.5, 0.6) is 5.75 Å². The third-order valence-electron chi connectivity index (χ3n) is 5.04. The molecule has 1 saturated heterocycles. The van der Waals surface area contributed by atoms with E-state index in [0.717, 1.165) is 27.8 Å². The van der Waals surface area contributed by atoms with Crippen LogP contribution in [0, 0.1) is 0 Å². The molecule has 0 radical (unpaired) electrons. The van der Waals surface area contributed by atoms with Crippen molar-refractivity contribution in [3.8, 4) is 5.75 Å². The number of amides is 1. The summed E-state index contributed by atoms with van der Waals surface area (Å²) in [6.07, 6.45) is 1.95. The number of hydrogen-bond acceptors (Lipinski definition) is 5. The molecule has 32 heavy (non-hydrogen) atoms.